The Morgan fingerprint density at radius 3 is 2.50 bits per heavy atom. The minimum Gasteiger partial charge on any atom is -0.326 e. The van der Waals surface area contributed by atoms with Crippen molar-refractivity contribution in [2.24, 2.45) is 5.92 Å². The van der Waals surface area contributed by atoms with Crippen LogP contribution in [0.1, 0.15) is 19.4 Å². The number of halogens is 1. The van der Waals surface area contributed by atoms with Crippen LogP contribution < -0.4 is 16.0 Å². The quantitative estimate of drug-likeness (QED) is 0.452. The van der Waals surface area contributed by atoms with Crippen LogP contribution in [0.15, 0.2) is 53.0 Å². The van der Waals surface area contributed by atoms with Gasteiger partial charge in [-0.3, -0.25) is 10.1 Å². The number of carbonyl (C=O) groups is 2. The predicted octanol–water partition coefficient (Wildman–Crippen LogP) is 5.06. The Kier molecular flexibility index (Phi) is 7.17. The number of para-hydroxylation sites is 1. The smallest absolute Gasteiger partial charge is 0.319 e. The first kappa shape index (κ1) is 21.9. The first-order chi connectivity index (χ1) is 14.3. The molecule has 1 atom stereocenters. The lowest BCUT2D eigenvalue weighted by Crippen LogP contribution is -2.48. The van der Waals surface area contributed by atoms with E-state index >= 15 is 0 Å². The van der Waals surface area contributed by atoms with Crippen LogP contribution in [-0.4, -0.2) is 28.2 Å². The van der Waals surface area contributed by atoms with Gasteiger partial charge in [0.15, 0.2) is 0 Å². The average molecular weight is 488 g/mol. The van der Waals surface area contributed by atoms with Gasteiger partial charge in [-0.05, 0) is 47.0 Å². The number of urea groups is 1. The Bertz CT molecular complexity index is 1050. The normalized spacial score (nSPS) is 11.8. The number of anilines is 2. The van der Waals surface area contributed by atoms with E-state index in [9.17, 15) is 9.59 Å². The Morgan fingerprint density at radius 1 is 1.03 bits per heavy atom. The molecule has 30 heavy (non-hydrogen) atoms. The summed E-state index contributed by atoms with van der Waals surface area (Å²) in [5.74, 6) is -0.474. The molecule has 3 amide bonds. The topological polar surface area (TPSA) is 96.0 Å². The standard InChI is InChI=1S/C21H22BrN5O2S/c1-12(2)17(24-20(29)23-16-10-5-4-9-15(16)22)18(28)25-21-27-26-19(30-21)14-8-6-7-13(3)11-14/h4-12,17H,1-3H3,(H2,23,24,29)(H,25,27,28). The lowest BCUT2D eigenvalue weighted by Gasteiger charge is -2.21. The van der Waals surface area contributed by atoms with E-state index in [4.69, 9.17) is 0 Å². The van der Waals surface area contributed by atoms with E-state index in [1.54, 1.807) is 6.07 Å². The van der Waals surface area contributed by atoms with Gasteiger partial charge in [-0.1, -0.05) is 61.1 Å². The monoisotopic (exact) mass is 487 g/mol. The largest absolute Gasteiger partial charge is 0.326 e. The summed E-state index contributed by atoms with van der Waals surface area (Å²) in [5.41, 5.74) is 2.68. The molecule has 156 valence electrons. The third kappa shape index (κ3) is 5.64. The fourth-order valence-corrected chi connectivity index (χ4v) is 3.88. The highest BCUT2D eigenvalue weighted by molar-refractivity contribution is 9.10. The van der Waals surface area contributed by atoms with Gasteiger partial charge in [-0.15, -0.1) is 10.2 Å². The van der Waals surface area contributed by atoms with Crippen molar-refractivity contribution in [1.82, 2.24) is 15.5 Å². The van der Waals surface area contributed by atoms with Crippen LogP contribution in [-0.2, 0) is 4.79 Å². The molecule has 0 fully saturated rings. The van der Waals surface area contributed by atoms with Crippen molar-refractivity contribution in [2.45, 2.75) is 26.8 Å². The molecule has 1 aromatic heterocycles. The summed E-state index contributed by atoms with van der Waals surface area (Å²) in [7, 11) is 0. The van der Waals surface area contributed by atoms with Gasteiger partial charge in [0.1, 0.15) is 11.0 Å². The van der Waals surface area contributed by atoms with Crippen LogP contribution >= 0.6 is 27.3 Å². The maximum absolute atomic E-state index is 12.8. The van der Waals surface area contributed by atoms with Crippen LogP contribution in [0.5, 0.6) is 0 Å². The third-order valence-corrected chi connectivity index (χ3v) is 5.86. The minimum absolute atomic E-state index is 0.126. The first-order valence-electron chi connectivity index (χ1n) is 9.37. The maximum Gasteiger partial charge on any atom is 0.319 e. The van der Waals surface area contributed by atoms with Gasteiger partial charge in [0.05, 0.1) is 5.69 Å². The molecule has 0 bridgehead atoms. The number of rotatable bonds is 6. The summed E-state index contributed by atoms with van der Waals surface area (Å²) < 4.78 is 0.753. The Balaban J connectivity index is 1.66. The highest BCUT2D eigenvalue weighted by Gasteiger charge is 2.25. The van der Waals surface area contributed by atoms with E-state index in [1.165, 1.54) is 11.3 Å². The predicted molar refractivity (Wildman–Crippen MR) is 124 cm³/mol. The van der Waals surface area contributed by atoms with Crippen molar-refractivity contribution in [1.29, 1.82) is 0 Å². The molecular formula is C21H22BrN5O2S. The van der Waals surface area contributed by atoms with Gasteiger partial charge in [0, 0.05) is 10.0 Å². The highest BCUT2D eigenvalue weighted by Crippen LogP contribution is 2.27. The van der Waals surface area contributed by atoms with E-state index in [1.807, 2.05) is 63.2 Å². The molecular weight excluding hydrogens is 466 g/mol. The van der Waals surface area contributed by atoms with Gasteiger partial charge < -0.3 is 10.6 Å². The van der Waals surface area contributed by atoms with Crippen molar-refractivity contribution in [3.8, 4) is 10.6 Å². The SMILES string of the molecule is Cc1cccc(-c2nnc(NC(=O)C(NC(=O)Nc3ccccc3Br)C(C)C)s2)c1. The van der Waals surface area contributed by atoms with Gasteiger partial charge in [-0.25, -0.2) is 4.79 Å². The zero-order valence-electron chi connectivity index (χ0n) is 16.8. The minimum atomic E-state index is -0.737. The van der Waals surface area contributed by atoms with E-state index in [0.717, 1.165) is 20.6 Å². The number of aryl methyl sites for hydroxylation is 1. The van der Waals surface area contributed by atoms with Crippen LogP contribution in [0.25, 0.3) is 10.6 Å². The molecule has 0 saturated heterocycles. The lowest BCUT2D eigenvalue weighted by molar-refractivity contribution is -0.118. The molecule has 0 aliphatic rings. The molecule has 3 aromatic rings. The van der Waals surface area contributed by atoms with Crippen LogP contribution in [0, 0.1) is 12.8 Å². The van der Waals surface area contributed by atoms with E-state index in [0.29, 0.717) is 10.8 Å². The molecule has 2 aromatic carbocycles. The lowest BCUT2D eigenvalue weighted by atomic mass is 10.0. The van der Waals surface area contributed by atoms with Crippen molar-refractivity contribution in [3.63, 3.8) is 0 Å². The average Bonchev–Trinajstić information content (AvgIpc) is 3.16. The number of benzene rings is 2. The van der Waals surface area contributed by atoms with E-state index < -0.39 is 12.1 Å². The van der Waals surface area contributed by atoms with Gasteiger partial charge in [0.2, 0.25) is 11.0 Å². The zero-order chi connectivity index (χ0) is 21.7. The summed E-state index contributed by atoms with van der Waals surface area (Å²) in [5, 5.41) is 17.6. The van der Waals surface area contributed by atoms with Gasteiger partial charge in [-0.2, -0.15) is 0 Å². The second kappa shape index (κ2) is 9.82. The molecule has 3 N–H and O–H groups in total. The summed E-state index contributed by atoms with van der Waals surface area (Å²) in [6.07, 6.45) is 0. The number of amides is 3. The summed E-state index contributed by atoms with van der Waals surface area (Å²) in [6, 6.07) is 14.0. The van der Waals surface area contributed by atoms with Gasteiger partial charge in [0.25, 0.3) is 0 Å². The van der Waals surface area contributed by atoms with Gasteiger partial charge >= 0.3 is 6.03 Å². The van der Waals surface area contributed by atoms with Crippen molar-refractivity contribution in [2.75, 3.05) is 10.6 Å². The molecule has 7 nitrogen and oxygen atoms in total. The fourth-order valence-electron chi connectivity index (χ4n) is 2.75. The molecule has 0 radical (unpaired) electrons. The second-order valence-corrected chi connectivity index (χ2v) is 8.90. The van der Waals surface area contributed by atoms with Crippen molar-refractivity contribution in [3.05, 3.63) is 58.6 Å². The highest BCUT2D eigenvalue weighted by atomic mass is 79.9. The van der Waals surface area contributed by atoms with E-state index in [-0.39, 0.29) is 11.8 Å². The van der Waals surface area contributed by atoms with Crippen LogP contribution in [0.2, 0.25) is 0 Å². The van der Waals surface area contributed by atoms with Crippen molar-refractivity contribution >= 4 is 50.0 Å². The van der Waals surface area contributed by atoms with E-state index in [2.05, 4.69) is 42.1 Å². The van der Waals surface area contributed by atoms with Crippen LogP contribution in [0.3, 0.4) is 0 Å². The number of nitrogens with one attached hydrogen (secondary N) is 3. The molecule has 0 spiro atoms. The summed E-state index contributed by atoms with van der Waals surface area (Å²) in [6.45, 7) is 5.73. The number of aromatic nitrogens is 2. The molecule has 0 saturated carbocycles. The summed E-state index contributed by atoms with van der Waals surface area (Å²) in [4.78, 5) is 25.2. The number of hydrogen-bond acceptors (Lipinski definition) is 5. The fraction of sp³-hybridized carbons (Fsp3) is 0.238. The number of nitrogens with zero attached hydrogens (tertiary/aromatic N) is 2. The molecule has 3 rings (SSSR count). The molecule has 9 heteroatoms. The Labute approximate surface area is 187 Å². The summed E-state index contributed by atoms with van der Waals surface area (Å²) >= 11 is 4.67. The second-order valence-electron chi connectivity index (χ2n) is 7.07. The van der Waals surface area contributed by atoms with Crippen LogP contribution in [0.4, 0.5) is 15.6 Å². The number of carbonyl (C=O) groups excluding carboxylic acids is 2. The van der Waals surface area contributed by atoms with Crippen molar-refractivity contribution < 1.29 is 9.59 Å². The Morgan fingerprint density at radius 2 is 1.80 bits per heavy atom. The first-order valence-corrected chi connectivity index (χ1v) is 11.0. The molecule has 1 heterocycles. The Hall–Kier alpha value is -2.78. The number of hydrogen-bond donors (Lipinski definition) is 3. The third-order valence-electron chi connectivity index (χ3n) is 4.28. The maximum atomic E-state index is 12.8. The molecule has 0 aliphatic heterocycles. The molecule has 1 unspecified atom stereocenters. The molecule has 0 aliphatic carbocycles. The zero-order valence-corrected chi connectivity index (χ0v) is 19.2.